The van der Waals surface area contributed by atoms with Gasteiger partial charge in [0.2, 0.25) is 0 Å². The molecule has 0 aliphatic carbocycles. The Morgan fingerprint density at radius 3 is 3.05 bits per heavy atom. The van der Waals surface area contributed by atoms with Gasteiger partial charge in [0.25, 0.3) is 5.91 Å². The lowest BCUT2D eigenvalue weighted by Gasteiger charge is -2.25. The first-order valence-corrected chi connectivity index (χ1v) is 6.76. The molecule has 4 nitrogen and oxygen atoms in total. The topological polar surface area (TPSA) is 42.7 Å². The van der Waals surface area contributed by atoms with Crippen LogP contribution in [0.15, 0.2) is 47.3 Å². The lowest BCUT2D eigenvalue weighted by Crippen LogP contribution is -2.30. The van der Waals surface area contributed by atoms with Crippen molar-refractivity contribution in [3.05, 3.63) is 54.0 Å². The van der Waals surface area contributed by atoms with Crippen LogP contribution in [0.3, 0.4) is 0 Å². The Morgan fingerprint density at radius 2 is 2.30 bits per heavy atom. The lowest BCUT2D eigenvalue weighted by molar-refractivity contribution is 0.0734. The molecule has 0 saturated carbocycles. The summed E-state index contributed by atoms with van der Waals surface area (Å²) in [6, 6.07) is 9.77. The van der Waals surface area contributed by atoms with E-state index in [9.17, 15) is 4.79 Å². The quantitative estimate of drug-likeness (QED) is 0.860. The zero-order valence-corrected chi connectivity index (χ0v) is 11.4. The van der Waals surface area contributed by atoms with Gasteiger partial charge in [0.1, 0.15) is 12.0 Å². The first-order valence-electron chi connectivity index (χ1n) is 6.76. The van der Waals surface area contributed by atoms with Gasteiger partial charge >= 0.3 is 0 Å². The van der Waals surface area contributed by atoms with E-state index in [2.05, 4.69) is 0 Å². The van der Waals surface area contributed by atoms with Crippen molar-refractivity contribution in [2.75, 3.05) is 13.7 Å². The first kappa shape index (κ1) is 12.8. The summed E-state index contributed by atoms with van der Waals surface area (Å²) in [5, 5.41) is 0. The summed E-state index contributed by atoms with van der Waals surface area (Å²) in [7, 11) is 1.65. The highest BCUT2D eigenvalue weighted by atomic mass is 16.5. The fourth-order valence-corrected chi connectivity index (χ4v) is 2.76. The predicted octanol–water partition coefficient (Wildman–Crippen LogP) is 3.27. The molecular formula is C16H17NO3. The number of ether oxygens (including phenoxy) is 1. The Morgan fingerprint density at radius 1 is 1.40 bits per heavy atom. The Hall–Kier alpha value is -2.23. The molecule has 4 heteroatoms. The minimum atomic E-state index is 0.0315. The number of hydrogen-bond acceptors (Lipinski definition) is 3. The van der Waals surface area contributed by atoms with Gasteiger partial charge in [-0.15, -0.1) is 0 Å². The van der Waals surface area contributed by atoms with Crippen molar-refractivity contribution in [3.8, 4) is 5.75 Å². The van der Waals surface area contributed by atoms with Crippen LogP contribution in [0.5, 0.6) is 5.75 Å². The van der Waals surface area contributed by atoms with E-state index in [1.807, 2.05) is 29.2 Å². The van der Waals surface area contributed by atoms with Gasteiger partial charge in [-0.1, -0.05) is 12.1 Å². The SMILES string of the molecule is COc1cccc(C2CCCN2C(=O)c2ccoc2)c1. The van der Waals surface area contributed by atoms with E-state index < -0.39 is 0 Å². The molecule has 1 aliphatic rings. The molecule has 20 heavy (non-hydrogen) atoms. The van der Waals surface area contributed by atoms with Gasteiger partial charge in [0, 0.05) is 6.54 Å². The zero-order valence-electron chi connectivity index (χ0n) is 11.4. The molecule has 0 radical (unpaired) electrons. The second-order valence-corrected chi connectivity index (χ2v) is 4.95. The number of furan rings is 1. The van der Waals surface area contributed by atoms with Crippen LogP contribution in [0.4, 0.5) is 0 Å². The molecule has 3 rings (SSSR count). The first-order chi connectivity index (χ1) is 9.79. The molecule has 1 aromatic heterocycles. The predicted molar refractivity (Wildman–Crippen MR) is 74.7 cm³/mol. The van der Waals surface area contributed by atoms with E-state index in [0.29, 0.717) is 5.56 Å². The molecule has 2 aromatic rings. The van der Waals surface area contributed by atoms with Crippen molar-refractivity contribution in [1.29, 1.82) is 0 Å². The van der Waals surface area contributed by atoms with Crippen molar-refractivity contribution in [2.45, 2.75) is 18.9 Å². The monoisotopic (exact) mass is 271 g/mol. The molecule has 1 fully saturated rings. The van der Waals surface area contributed by atoms with Crippen LogP contribution < -0.4 is 4.74 Å². The molecule has 1 amide bonds. The molecule has 1 atom stereocenters. The highest BCUT2D eigenvalue weighted by Crippen LogP contribution is 2.34. The van der Waals surface area contributed by atoms with Gasteiger partial charge in [-0.05, 0) is 36.6 Å². The van der Waals surface area contributed by atoms with Gasteiger partial charge in [-0.25, -0.2) is 0 Å². The maximum Gasteiger partial charge on any atom is 0.257 e. The van der Waals surface area contributed by atoms with Crippen LogP contribution >= 0.6 is 0 Å². The molecule has 0 N–H and O–H groups in total. The lowest BCUT2D eigenvalue weighted by atomic mass is 10.0. The number of hydrogen-bond donors (Lipinski definition) is 0. The molecule has 104 valence electrons. The number of likely N-dealkylation sites (tertiary alicyclic amines) is 1. The summed E-state index contributed by atoms with van der Waals surface area (Å²) >= 11 is 0. The minimum absolute atomic E-state index is 0.0315. The molecule has 1 aliphatic heterocycles. The van der Waals surface area contributed by atoms with Crippen LogP contribution in [-0.4, -0.2) is 24.5 Å². The average Bonchev–Trinajstić information content (AvgIpc) is 3.17. The number of methoxy groups -OCH3 is 1. The molecular weight excluding hydrogens is 254 g/mol. The van der Waals surface area contributed by atoms with Crippen LogP contribution in [0.25, 0.3) is 0 Å². The van der Waals surface area contributed by atoms with E-state index in [0.717, 1.165) is 30.7 Å². The fourth-order valence-electron chi connectivity index (χ4n) is 2.76. The molecule has 1 saturated heterocycles. The van der Waals surface area contributed by atoms with E-state index in [-0.39, 0.29) is 11.9 Å². The molecule has 1 aromatic carbocycles. The van der Waals surface area contributed by atoms with Crippen LogP contribution in [0.2, 0.25) is 0 Å². The van der Waals surface area contributed by atoms with Crippen LogP contribution in [0.1, 0.15) is 34.8 Å². The van der Waals surface area contributed by atoms with Gasteiger partial charge in [-0.2, -0.15) is 0 Å². The van der Waals surface area contributed by atoms with Gasteiger partial charge in [0.05, 0.1) is 25.0 Å². The minimum Gasteiger partial charge on any atom is -0.497 e. The second kappa shape index (κ2) is 5.41. The summed E-state index contributed by atoms with van der Waals surface area (Å²) in [4.78, 5) is 14.4. The van der Waals surface area contributed by atoms with E-state index in [1.54, 1.807) is 13.2 Å². The van der Waals surface area contributed by atoms with Gasteiger partial charge in [-0.3, -0.25) is 4.79 Å². The van der Waals surface area contributed by atoms with Crippen LogP contribution in [0, 0.1) is 0 Å². The Bertz CT molecular complexity index is 592. The van der Waals surface area contributed by atoms with Gasteiger partial charge < -0.3 is 14.1 Å². The Labute approximate surface area is 118 Å². The molecule has 0 bridgehead atoms. The van der Waals surface area contributed by atoms with Gasteiger partial charge in [0.15, 0.2) is 0 Å². The fraction of sp³-hybridized carbons (Fsp3) is 0.312. The number of amides is 1. The summed E-state index contributed by atoms with van der Waals surface area (Å²) in [5.74, 6) is 0.856. The molecule has 0 spiro atoms. The third-order valence-electron chi connectivity index (χ3n) is 3.76. The highest BCUT2D eigenvalue weighted by Gasteiger charge is 2.31. The standard InChI is InChI=1S/C16H17NO3/c1-19-14-5-2-4-12(10-14)15-6-3-8-17(15)16(18)13-7-9-20-11-13/h2,4-5,7,9-11,15H,3,6,8H2,1H3. The van der Waals surface area contributed by atoms with Crippen molar-refractivity contribution in [3.63, 3.8) is 0 Å². The second-order valence-electron chi connectivity index (χ2n) is 4.95. The third-order valence-corrected chi connectivity index (χ3v) is 3.76. The maximum atomic E-state index is 12.5. The number of rotatable bonds is 3. The molecule has 1 unspecified atom stereocenters. The third kappa shape index (κ3) is 2.29. The normalized spacial score (nSPS) is 18.2. The number of carbonyl (C=O) groups excluding carboxylic acids is 1. The van der Waals surface area contributed by atoms with Crippen molar-refractivity contribution < 1.29 is 13.9 Å². The van der Waals surface area contributed by atoms with Crippen molar-refractivity contribution in [1.82, 2.24) is 4.90 Å². The zero-order chi connectivity index (χ0) is 13.9. The molecule has 2 heterocycles. The summed E-state index contributed by atoms with van der Waals surface area (Å²) in [5.41, 5.74) is 1.73. The highest BCUT2D eigenvalue weighted by molar-refractivity contribution is 5.94. The smallest absolute Gasteiger partial charge is 0.257 e. The van der Waals surface area contributed by atoms with E-state index in [4.69, 9.17) is 9.15 Å². The van der Waals surface area contributed by atoms with Crippen molar-refractivity contribution >= 4 is 5.91 Å². The summed E-state index contributed by atoms with van der Waals surface area (Å²) in [6.07, 6.45) is 5.04. The van der Waals surface area contributed by atoms with E-state index in [1.165, 1.54) is 12.5 Å². The summed E-state index contributed by atoms with van der Waals surface area (Å²) < 4.78 is 10.3. The van der Waals surface area contributed by atoms with E-state index >= 15 is 0 Å². The Kier molecular flexibility index (Phi) is 3.46. The summed E-state index contributed by atoms with van der Waals surface area (Å²) in [6.45, 7) is 0.784. The maximum absolute atomic E-state index is 12.5. The average molecular weight is 271 g/mol. The van der Waals surface area contributed by atoms with Crippen molar-refractivity contribution in [2.24, 2.45) is 0 Å². The number of benzene rings is 1. The Balaban J connectivity index is 1.86. The number of carbonyl (C=O) groups is 1. The van der Waals surface area contributed by atoms with Crippen LogP contribution in [-0.2, 0) is 0 Å². The number of nitrogens with zero attached hydrogens (tertiary/aromatic N) is 1. The largest absolute Gasteiger partial charge is 0.497 e.